The molecule has 1 aliphatic rings. The Morgan fingerprint density at radius 3 is 2.75 bits per heavy atom. The van der Waals surface area contributed by atoms with E-state index in [4.69, 9.17) is 18.0 Å². The van der Waals surface area contributed by atoms with E-state index in [1.54, 1.807) is 0 Å². The van der Waals surface area contributed by atoms with Gasteiger partial charge in [-0.05, 0) is 52.4 Å². The van der Waals surface area contributed by atoms with Crippen LogP contribution in [-0.4, -0.2) is 11.5 Å². The Morgan fingerprint density at radius 1 is 1.56 bits per heavy atom. The monoisotopic (exact) mass is 298 g/mol. The lowest BCUT2D eigenvalue weighted by Gasteiger charge is -2.12. The van der Waals surface area contributed by atoms with E-state index >= 15 is 0 Å². The average molecular weight is 299 g/mol. The number of benzene rings is 1. The summed E-state index contributed by atoms with van der Waals surface area (Å²) < 4.78 is 0.950. The van der Waals surface area contributed by atoms with E-state index in [9.17, 15) is 0 Å². The van der Waals surface area contributed by atoms with E-state index in [0.717, 1.165) is 22.3 Å². The van der Waals surface area contributed by atoms with Crippen LogP contribution in [0.3, 0.4) is 0 Å². The summed E-state index contributed by atoms with van der Waals surface area (Å²) in [7, 11) is 0. The molecule has 86 valence electrons. The molecule has 4 heteroatoms. The van der Waals surface area contributed by atoms with Crippen molar-refractivity contribution in [3.05, 3.63) is 28.2 Å². The second-order valence-corrected chi connectivity index (χ2v) is 6.02. The number of hydrogen-bond donors (Lipinski definition) is 2. The number of rotatable bonds is 4. The minimum Gasteiger partial charge on any atom is -0.389 e. The summed E-state index contributed by atoms with van der Waals surface area (Å²) in [5, 5.41) is 3.44. The second kappa shape index (κ2) is 4.34. The minimum atomic E-state index is 0.424. The quantitative estimate of drug-likeness (QED) is 0.838. The number of nitrogens with two attached hydrogens (primary N) is 1. The van der Waals surface area contributed by atoms with Crippen LogP contribution in [0.4, 0.5) is 5.69 Å². The Hall–Kier alpha value is -0.610. The van der Waals surface area contributed by atoms with Crippen molar-refractivity contribution in [2.45, 2.75) is 19.8 Å². The molecule has 1 fully saturated rings. The van der Waals surface area contributed by atoms with Gasteiger partial charge in [-0.2, -0.15) is 0 Å². The Bertz CT molecular complexity index is 427. The molecule has 0 heterocycles. The molecule has 0 aromatic heterocycles. The first-order valence-corrected chi connectivity index (χ1v) is 6.54. The van der Waals surface area contributed by atoms with Crippen LogP contribution in [0.5, 0.6) is 0 Å². The molecule has 2 rings (SSSR count). The van der Waals surface area contributed by atoms with E-state index < -0.39 is 0 Å². The smallest absolute Gasteiger partial charge is 0.105 e. The third-order valence-corrected chi connectivity index (χ3v) is 3.93. The number of thiocarbonyl (C=S) groups is 1. The van der Waals surface area contributed by atoms with Crippen molar-refractivity contribution in [3.63, 3.8) is 0 Å². The number of anilines is 1. The highest BCUT2D eigenvalue weighted by Crippen LogP contribution is 2.44. The maximum Gasteiger partial charge on any atom is 0.105 e. The SMILES string of the molecule is CC1(CNc2ccc(C(N)=S)c(Br)c2)CC1. The zero-order valence-electron chi connectivity index (χ0n) is 9.22. The van der Waals surface area contributed by atoms with E-state index in [1.807, 2.05) is 18.2 Å². The molecule has 3 N–H and O–H groups in total. The van der Waals surface area contributed by atoms with Crippen LogP contribution < -0.4 is 11.1 Å². The summed E-state index contributed by atoms with van der Waals surface area (Å²) in [6, 6.07) is 6.00. The Balaban J connectivity index is 2.05. The summed E-state index contributed by atoms with van der Waals surface area (Å²) in [6.07, 6.45) is 2.65. The van der Waals surface area contributed by atoms with Gasteiger partial charge >= 0.3 is 0 Å². The predicted octanol–water partition coefficient (Wildman–Crippen LogP) is 3.30. The highest BCUT2D eigenvalue weighted by molar-refractivity contribution is 9.10. The second-order valence-electron chi connectivity index (χ2n) is 4.72. The van der Waals surface area contributed by atoms with Crippen molar-refractivity contribution in [1.29, 1.82) is 0 Å². The highest BCUT2D eigenvalue weighted by Gasteiger charge is 2.36. The van der Waals surface area contributed by atoms with Crippen LogP contribution in [0, 0.1) is 5.41 Å². The fourth-order valence-electron chi connectivity index (χ4n) is 1.53. The van der Waals surface area contributed by atoms with Crippen molar-refractivity contribution in [2.75, 3.05) is 11.9 Å². The van der Waals surface area contributed by atoms with Crippen molar-refractivity contribution in [3.8, 4) is 0 Å². The van der Waals surface area contributed by atoms with Crippen molar-refractivity contribution in [2.24, 2.45) is 11.1 Å². The molecule has 0 saturated heterocycles. The van der Waals surface area contributed by atoms with E-state index in [-0.39, 0.29) is 0 Å². The summed E-state index contributed by atoms with van der Waals surface area (Å²) in [6.45, 7) is 3.34. The molecule has 0 amide bonds. The van der Waals surface area contributed by atoms with Crippen molar-refractivity contribution >= 4 is 38.8 Å². The molecular formula is C12H15BrN2S. The number of halogens is 1. The molecule has 16 heavy (non-hydrogen) atoms. The first-order chi connectivity index (χ1) is 7.50. The van der Waals surface area contributed by atoms with Gasteiger partial charge in [-0.25, -0.2) is 0 Å². The Labute approximate surface area is 110 Å². The minimum absolute atomic E-state index is 0.424. The first kappa shape index (κ1) is 11.9. The van der Waals surface area contributed by atoms with Crippen molar-refractivity contribution < 1.29 is 0 Å². The van der Waals surface area contributed by atoms with E-state index in [2.05, 4.69) is 28.2 Å². The maximum atomic E-state index is 5.60. The molecular weight excluding hydrogens is 284 g/mol. The lowest BCUT2D eigenvalue weighted by molar-refractivity contribution is 0.611. The zero-order valence-corrected chi connectivity index (χ0v) is 11.6. The van der Waals surface area contributed by atoms with Gasteiger partial charge in [0.25, 0.3) is 0 Å². The van der Waals surface area contributed by atoms with Crippen molar-refractivity contribution in [1.82, 2.24) is 0 Å². The van der Waals surface area contributed by atoms with Gasteiger partial charge in [0, 0.05) is 22.3 Å². The van der Waals surface area contributed by atoms with Gasteiger partial charge in [0.2, 0.25) is 0 Å². The lowest BCUT2D eigenvalue weighted by Crippen LogP contribution is -2.13. The van der Waals surface area contributed by atoms with Crippen LogP contribution in [-0.2, 0) is 0 Å². The van der Waals surface area contributed by atoms with Crippen LogP contribution in [0.1, 0.15) is 25.3 Å². The van der Waals surface area contributed by atoms with Gasteiger partial charge in [-0.1, -0.05) is 19.1 Å². The Kier molecular flexibility index (Phi) is 3.22. The average Bonchev–Trinajstić information content (AvgIpc) is 2.94. The van der Waals surface area contributed by atoms with Crippen LogP contribution in [0.25, 0.3) is 0 Å². The molecule has 1 saturated carbocycles. The summed E-state index contributed by atoms with van der Waals surface area (Å²) in [5.41, 5.74) is 8.11. The summed E-state index contributed by atoms with van der Waals surface area (Å²) in [5.74, 6) is 0. The molecule has 1 aromatic carbocycles. The summed E-state index contributed by atoms with van der Waals surface area (Å²) in [4.78, 5) is 0.424. The molecule has 0 unspecified atom stereocenters. The largest absolute Gasteiger partial charge is 0.389 e. The zero-order chi connectivity index (χ0) is 11.8. The van der Waals surface area contributed by atoms with Crippen LogP contribution in [0.15, 0.2) is 22.7 Å². The van der Waals surface area contributed by atoms with Gasteiger partial charge < -0.3 is 11.1 Å². The fraction of sp³-hybridized carbons (Fsp3) is 0.417. The third-order valence-electron chi connectivity index (χ3n) is 3.06. The summed E-state index contributed by atoms with van der Waals surface area (Å²) >= 11 is 8.43. The lowest BCUT2D eigenvalue weighted by atomic mass is 10.1. The highest BCUT2D eigenvalue weighted by atomic mass is 79.9. The molecule has 1 aromatic rings. The molecule has 0 bridgehead atoms. The molecule has 2 nitrogen and oxygen atoms in total. The molecule has 0 spiro atoms. The first-order valence-electron chi connectivity index (χ1n) is 5.33. The predicted molar refractivity (Wildman–Crippen MR) is 75.9 cm³/mol. The van der Waals surface area contributed by atoms with Gasteiger partial charge in [-0.3, -0.25) is 0 Å². The molecule has 1 aliphatic carbocycles. The van der Waals surface area contributed by atoms with Gasteiger partial charge in [0.1, 0.15) is 4.99 Å². The maximum absolute atomic E-state index is 5.60. The molecule has 0 aliphatic heterocycles. The van der Waals surface area contributed by atoms with Crippen LogP contribution >= 0.6 is 28.1 Å². The van der Waals surface area contributed by atoms with Gasteiger partial charge in [0.05, 0.1) is 0 Å². The van der Waals surface area contributed by atoms with E-state index in [0.29, 0.717) is 10.4 Å². The number of hydrogen-bond acceptors (Lipinski definition) is 2. The molecule has 0 radical (unpaired) electrons. The van der Waals surface area contributed by atoms with Gasteiger partial charge in [0.15, 0.2) is 0 Å². The Morgan fingerprint density at radius 2 is 2.25 bits per heavy atom. The number of nitrogens with one attached hydrogen (secondary N) is 1. The van der Waals surface area contributed by atoms with Gasteiger partial charge in [-0.15, -0.1) is 0 Å². The third kappa shape index (κ3) is 2.74. The fourth-order valence-corrected chi connectivity index (χ4v) is 2.43. The van der Waals surface area contributed by atoms with E-state index in [1.165, 1.54) is 12.8 Å². The normalized spacial score (nSPS) is 16.9. The topological polar surface area (TPSA) is 38.0 Å². The molecule has 0 atom stereocenters. The van der Waals surface area contributed by atoms with Crippen LogP contribution in [0.2, 0.25) is 0 Å². The standard InChI is InChI=1S/C12H15BrN2S/c1-12(4-5-12)7-15-8-2-3-9(11(14)16)10(13)6-8/h2-3,6,15H,4-5,7H2,1H3,(H2,14,16).